The molecule has 1 fully saturated rings. The SMILES string of the molecule is Cc1cnc2ccc(CCNC3CC3)cc2c1. The number of nitrogens with zero attached hydrogens (tertiary/aromatic N) is 1. The number of nitrogens with one attached hydrogen (secondary N) is 1. The van der Waals surface area contributed by atoms with E-state index in [0.717, 1.165) is 24.5 Å². The Kier molecular flexibility index (Phi) is 2.81. The van der Waals surface area contributed by atoms with Gasteiger partial charge in [0.15, 0.2) is 0 Å². The van der Waals surface area contributed by atoms with Gasteiger partial charge in [0.1, 0.15) is 0 Å². The predicted octanol–water partition coefficient (Wildman–Crippen LogP) is 2.84. The van der Waals surface area contributed by atoms with Gasteiger partial charge in [0.2, 0.25) is 0 Å². The fourth-order valence-electron chi connectivity index (χ4n) is 2.15. The molecule has 0 spiro atoms. The van der Waals surface area contributed by atoms with E-state index in [9.17, 15) is 0 Å². The van der Waals surface area contributed by atoms with Crippen molar-refractivity contribution in [1.29, 1.82) is 0 Å². The second-order valence-electron chi connectivity index (χ2n) is 5.02. The summed E-state index contributed by atoms with van der Waals surface area (Å²) in [5.74, 6) is 0. The lowest BCUT2D eigenvalue weighted by Crippen LogP contribution is -2.19. The highest BCUT2D eigenvalue weighted by Crippen LogP contribution is 2.19. The van der Waals surface area contributed by atoms with E-state index in [1.807, 2.05) is 6.20 Å². The van der Waals surface area contributed by atoms with Crippen LogP contribution in [0.3, 0.4) is 0 Å². The minimum absolute atomic E-state index is 0.805. The van der Waals surface area contributed by atoms with Crippen LogP contribution >= 0.6 is 0 Å². The zero-order valence-corrected chi connectivity index (χ0v) is 10.2. The molecule has 3 rings (SSSR count). The molecule has 0 radical (unpaired) electrons. The van der Waals surface area contributed by atoms with E-state index in [1.54, 1.807) is 0 Å². The Hall–Kier alpha value is -1.41. The highest BCUT2D eigenvalue weighted by molar-refractivity contribution is 5.79. The summed E-state index contributed by atoms with van der Waals surface area (Å²) in [6.07, 6.45) is 5.76. The average Bonchev–Trinajstić information content (AvgIpc) is 3.12. The number of aromatic nitrogens is 1. The Morgan fingerprint density at radius 1 is 1.29 bits per heavy atom. The smallest absolute Gasteiger partial charge is 0.0702 e. The van der Waals surface area contributed by atoms with E-state index in [1.165, 1.54) is 29.4 Å². The van der Waals surface area contributed by atoms with Crippen molar-refractivity contribution in [1.82, 2.24) is 10.3 Å². The standard InChI is InChI=1S/C15H18N2/c1-11-8-13-9-12(2-5-15(13)17-10-11)6-7-16-14-3-4-14/h2,5,8-10,14,16H,3-4,6-7H2,1H3. The van der Waals surface area contributed by atoms with Gasteiger partial charge in [0.25, 0.3) is 0 Å². The van der Waals surface area contributed by atoms with Crippen LogP contribution in [0.1, 0.15) is 24.0 Å². The van der Waals surface area contributed by atoms with Crippen LogP contribution in [0.25, 0.3) is 10.9 Å². The molecule has 0 atom stereocenters. The van der Waals surface area contributed by atoms with Crippen LogP contribution in [0.5, 0.6) is 0 Å². The van der Waals surface area contributed by atoms with Crippen molar-refractivity contribution in [3.05, 3.63) is 41.6 Å². The average molecular weight is 226 g/mol. The van der Waals surface area contributed by atoms with Gasteiger partial charge in [-0.3, -0.25) is 4.98 Å². The van der Waals surface area contributed by atoms with E-state index in [-0.39, 0.29) is 0 Å². The molecule has 0 saturated heterocycles. The topological polar surface area (TPSA) is 24.9 Å². The predicted molar refractivity (Wildman–Crippen MR) is 71.2 cm³/mol. The highest BCUT2D eigenvalue weighted by Gasteiger charge is 2.19. The quantitative estimate of drug-likeness (QED) is 0.867. The molecule has 1 N–H and O–H groups in total. The van der Waals surface area contributed by atoms with E-state index in [4.69, 9.17) is 0 Å². The fraction of sp³-hybridized carbons (Fsp3) is 0.400. The number of benzene rings is 1. The molecule has 0 amide bonds. The summed E-state index contributed by atoms with van der Waals surface area (Å²) in [6, 6.07) is 9.60. The molecule has 17 heavy (non-hydrogen) atoms. The Labute approximate surface area is 102 Å². The maximum Gasteiger partial charge on any atom is 0.0702 e. The van der Waals surface area contributed by atoms with E-state index >= 15 is 0 Å². The van der Waals surface area contributed by atoms with Crippen molar-refractivity contribution in [2.24, 2.45) is 0 Å². The summed E-state index contributed by atoms with van der Waals surface area (Å²) < 4.78 is 0. The van der Waals surface area contributed by atoms with Gasteiger partial charge in [-0.1, -0.05) is 6.07 Å². The third kappa shape index (κ3) is 2.64. The number of pyridine rings is 1. The molecule has 1 saturated carbocycles. The van der Waals surface area contributed by atoms with Gasteiger partial charge in [-0.05, 0) is 62.1 Å². The largest absolute Gasteiger partial charge is 0.314 e. The molecule has 0 bridgehead atoms. The van der Waals surface area contributed by atoms with Crippen molar-refractivity contribution >= 4 is 10.9 Å². The van der Waals surface area contributed by atoms with Crippen LogP contribution in [0.15, 0.2) is 30.5 Å². The van der Waals surface area contributed by atoms with E-state index in [2.05, 4.69) is 41.5 Å². The fourth-order valence-corrected chi connectivity index (χ4v) is 2.15. The number of rotatable bonds is 4. The summed E-state index contributed by atoms with van der Waals surface area (Å²) in [6.45, 7) is 3.18. The molecule has 1 aliphatic rings. The van der Waals surface area contributed by atoms with E-state index in [0.29, 0.717) is 0 Å². The molecule has 2 aromatic rings. The van der Waals surface area contributed by atoms with Gasteiger partial charge >= 0.3 is 0 Å². The molecule has 0 unspecified atom stereocenters. The molecular formula is C15H18N2. The summed E-state index contributed by atoms with van der Waals surface area (Å²) in [4.78, 5) is 4.42. The molecule has 1 aliphatic carbocycles. The van der Waals surface area contributed by atoms with Crippen molar-refractivity contribution in [2.75, 3.05) is 6.54 Å². The van der Waals surface area contributed by atoms with Gasteiger partial charge in [0, 0.05) is 17.6 Å². The molecule has 0 aliphatic heterocycles. The normalized spacial score (nSPS) is 15.4. The second kappa shape index (κ2) is 4.46. The first kappa shape index (κ1) is 10.7. The Morgan fingerprint density at radius 3 is 3.00 bits per heavy atom. The lowest BCUT2D eigenvalue weighted by atomic mass is 10.1. The first-order valence-electron chi connectivity index (χ1n) is 6.40. The summed E-state index contributed by atoms with van der Waals surface area (Å²) in [5.41, 5.74) is 3.72. The van der Waals surface area contributed by atoms with Gasteiger partial charge in [-0.25, -0.2) is 0 Å². The van der Waals surface area contributed by atoms with Crippen LogP contribution in [0.4, 0.5) is 0 Å². The van der Waals surface area contributed by atoms with Crippen molar-refractivity contribution < 1.29 is 0 Å². The molecule has 1 heterocycles. The number of aryl methyl sites for hydroxylation is 1. The monoisotopic (exact) mass is 226 g/mol. The molecule has 2 heteroatoms. The minimum Gasteiger partial charge on any atom is -0.314 e. The highest BCUT2D eigenvalue weighted by atomic mass is 14.9. The number of hydrogen-bond acceptors (Lipinski definition) is 2. The Balaban J connectivity index is 1.74. The van der Waals surface area contributed by atoms with Gasteiger partial charge in [-0.2, -0.15) is 0 Å². The molecule has 2 nitrogen and oxygen atoms in total. The third-order valence-electron chi connectivity index (χ3n) is 3.31. The lowest BCUT2D eigenvalue weighted by molar-refractivity contribution is 0.682. The maximum absolute atomic E-state index is 4.42. The second-order valence-corrected chi connectivity index (χ2v) is 5.02. The van der Waals surface area contributed by atoms with Crippen LogP contribution in [0.2, 0.25) is 0 Å². The molecule has 88 valence electrons. The van der Waals surface area contributed by atoms with Gasteiger partial charge in [-0.15, -0.1) is 0 Å². The third-order valence-corrected chi connectivity index (χ3v) is 3.31. The van der Waals surface area contributed by atoms with Gasteiger partial charge < -0.3 is 5.32 Å². The maximum atomic E-state index is 4.42. The van der Waals surface area contributed by atoms with Crippen LogP contribution < -0.4 is 5.32 Å². The zero-order valence-electron chi connectivity index (χ0n) is 10.2. The van der Waals surface area contributed by atoms with Crippen molar-refractivity contribution in [3.8, 4) is 0 Å². The van der Waals surface area contributed by atoms with Crippen LogP contribution in [-0.4, -0.2) is 17.6 Å². The number of fused-ring (bicyclic) bond motifs is 1. The first-order valence-corrected chi connectivity index (χ1v) is 6.40. The zero-order chi connectivity index (χ0) is 11.7. The van der Waals surface area contributed by atoms with Gasteiger partial charge in [0.05, 0.1) is 5.52 Å². The summed E-state index contributed by atoms with van der Waals surface area (Å²) in [7, 11) is 0. The first-order chi connectivity index (χ1) is 8.31. The van der Waals surface area contributed by atoms with Crippen molar-refractivity contribution in [3.63, 3.8) is 0 Å². The van der Waals surface area contributed by atoms with Crippen LogP contribution in [-0.2, 0) is 6.42 Å². The molecule has 1 aromatic carbocycles. The van der Waals surface area contributed by atoms with Crippen LogP contribution in [0, 0.1) is 6.92 Å². The summed E-state index contributed by atoms with van der Waals surface area (Å²) in [5, 5.41) is 4.81. The molecule has 1 aromatic heterocycles. The Morgan fingerprint density at radius 2 is 2.18 bits per heavy atom. The molecular weight excluding hydrogens is 208 g/mol. The Bertz CT molecular complexity index is 529. The lowest BCUT2D eigenvalue weighted by Gasteiger charge is -2.05. The number of hydrogen-bond donors (Lipinski definition) is 1. The van der Waals surface area contributed by atoms with E-state index < -0.39 is 0 Å². The summed E-state index contributed by atoms with van der Waals surface area (Å²) >= 11 is 0. The minimum atomic E-state index is 0.805. The van der Waals surface area contributed by atoms with Crippen molar-refractivity contribution in [2.45, 2.75) is 32.2 Å².